The third kappa shape index (κ3) is 4.33. The van der Waals surface area contributed by atoms with Crippen LogP contribution in [0.3, 0.4) is 0 Å². The molecule has 0 radical (unpaired) electrons. The average Bonchev–Trinajstić information content (AvgIpc) is 2.27. The maximum absolute atomic E-state index is 11.6. The monoisotopic (exact) mass is 264 g/mol. The lowest BCUT2D eigenvalue weighted by molar-refractivity contribution is -0.144. The van der Waals surface area contributed by atoms with E-state index in [9.17, 15) is 9.90 Å². The van der Waals surface area contributed by atoms with Gasteiger partial charge in [-0.25, -0.2) is 4.79 Å². The molecule has 1 atom stereocenters. The van der Waals surface area contributed by atoms with Crippen molar-refractivity contribution < 1.29 is 9.90 Å². The van der Waals surface area contributed by atoms with E-state index in [1.165, 1.54) is 0 Å². The van der Waals surface area contributed by atoms with Crippen LogP contribution in [-0.4, -0.2) is 36.1 Å². The van der Waals surface area contributed by atoms with E-state index < -0.39 is 11.5 Å². The molecule has 19 heavy (non-hydrogen) atoms. The predicted molar refractivity (Wildman–Crippen MR) is 76.9 cm³/mol. The Morgan fingerprint density at radius 3 is 2.16 bits per heavy atom. The van der Waals surface area contributed by atoms with Crippen molar-refractivity contribution in [2.24, 2.45) is 11.1 Å². The third-order valence-electron chi connectivity index (χ3n) is 2.93. The molecule has 4 nitrogen and oxygen atoms in total. The molecule has 1 aromatic rings. The first kappa shape index (κ1) is 15.7. The van der Waals surface area contributed by atoms with Gasteiger partial charge in [-0.2, -0.15) is 0 Å². The van der Waals surface area contributed by atoms with Crippen LogP contribution in [0.5, 0.6) is 0 Å². The average molecular weight is 264 g/mol. The van der Waals surface area contributed by atoms with Gasteiger partial charge < -0.3 is 15.7 Å². The summed E-state index contributed by atoms with van der Waals surface area (Å²) in [5.41, 5.74) is 5.50. The quantitative estimate of drug-likeness (QED) is 0.852. The third-order valence-corrected chi connectivity index (χ3v) is 2.93. The van der Waals surface area contributed by atoms with Crippen molar-refractivity contribution >= 4 is 5.97 Å². The van der Waals surface area contributed by atoms with E-state index in [4.69, 9.17) is 5.73 Å². The van der Waals surface area contributed by atoms with Crippen LogP contribution in [-0.2, 0) is 10.3 Å². The molecule has 0 heterocycles. The number of nitrogens with zero attached hydrogens (tertiary/aromatic N) is 1. The Morgan fingerprint density at radius 1 is 1.21 bits per heavy atom. The molecule has 0 aliphatic rings. The number of carboxylic acid groups (broad SMARTS) is 1. The summed E-state index contributed by atoms with van der Waals surface area (Å²) in [6, 6.07) is 9.00. The molecule has 0 fully saturated rings. The summed E-state index contributed by atoms with van der Waals surface area (Å²) in [5.74, 6) is -1.00. The zero-order valence-corrected chi connectivity index (χ0v) is 12.2. The first-order valence-corrected chi connectivity index (χ1v) is 6.41. The molecule has 0 amide bonds. The summed E-state index contributed by atoms with van der Waals surface area (Å²) in [6.07, 6.45) is 0. The number of rotatable bonds is 5. The number of hydrogen-bond donors (Lipinski definition) is 2. The standard InChI is InChI=1S/C15H24N2O2/c1-14(2,3)10-17(4)11-15(16,13(18)19)12-8-6-5-7-9-12/h5-9H,10-11,16H2,1-4H3,(H,18,19). The highest BCUT2D eigenvalue weighted by molar-refractivity contribution is 5.80. The second-order valence-electron chi connectivity index (χ2n) is 6.38. The molecular weight excluding hydrogens is 240 g/mol. The maximum atomic E-state index is 11.6. The molecule has 3 N–H and O–H groups in total. The smallest absolute Gasteiger partial charge is 0.329 e. The van der Waals surface area contributed by atoms with E-state index in [0.29, 0.717) is 5.56 Å². The minimum Gasteiger partial charge on any atom is -0.480 e. The highest BCUT2D eigenvalue weighted by Gasteiger charge is 2.37. The van der Waals surface area contributed by atoms with Crippen LogP contribution in [0.15, 0.2) is 30.3 Å². The van der Waals surface area contributed by atoms with E-state index in [0.717, 1.165) is 6.54 Å². The Balaban J connectivity index is 2.93. The van der Waals surface area contributed by atoms with Crippen LogP contribution in [0.25, 0.3) is 0 Å². The van der Waals surface area contributed by atoms with Gasteiger partial charge in [-0.1, -0.05) is 51.1 Å². The number of nitrogens with two attached hydrogens (primary N) is 1. The van der Waals surface area contributed by atoms with Crippen LogP contribution in [0.1, 0.15) is 26.3 Å². The van der Waals surface area contributed by atoms with Crippen LogP contribution in [0.2, 0.25) is 0 Å². The van der Waals surface area contributed by atoms with E-state index in [1.807, 2.05) is 30.1 Å². The lowest BCUT2D eigenvalue weighted by atomic mass is 9.89. The normalized spacial score (nSPS) is 15.3. The van der Waals surface area contributed by atoms with Gasteiger partial charge in [0.1, 0.15) is 0 Å². The summed E-state index contributed by atoms with van der Waals surface area (Å²) in [4.78, 5) is 13.5. The van der Waals surface area contributed by atoms with Gasteiger partial charge in [-0.3, -0.25) is 0 Å². The van der Waals surface area contributed by atoms with Crippen molar-refractivity contribution in [3.05, 3.63) is 35.9 Å². The topological polar surface area (TPSA) is 66.6 Å². The number of aliphatic carboxylic acids is 1. The molecule has 106 valence electrons. The van der Waals surface area contributed by atoms with Crippen LogP contribution in [0.4, 0.5) is 0 Å². The molecule has 0 bridgehead atoms. The highest BCUT2D eigenvalue weighted by atomic mass is 16.4. The SMILES string of the molecule is CN(CC(C)(C)C)CC(N)(C(=O)O)c1ccccc1. The Morgan fingerprint density at radius 2 is 1.74 bits per heavy atom. The van der Waals surface area contributed by atoms with E-state index >= 15 is 0 Å². The Bertz CT molecular complexity index is 426. The molecular formula is C15H24N2O2. The molecule has 0 saturated heterocycles. The predicted octanol–water partition coefficient (Wildman–Crippen LogP) is 1.90. The Labute approximate surface area is 115 Å². The highest BCUT2D eigenvalue weighted by Crippen LogP contribution is 2.22. The van der Waals surface area contributed by atoms with E-state index in [-0.39, 0.29) is 12.0 Å². The summed E-state index contributed by atoms with van der Waals surface area (Å²) in [6.45, 7) is 7.41. The van der Waals surface area contributed by atoms with Crippen LogP contribution in [0, 0.1) is 5.41 Å². The number of carboxylic acids is 1. The van der Waals surface area contributed by atoms with Gasteiger partial charge in [0.25, 0.3) is 0 Å². The molecule has 1 aromatic carbocycles. The molecule has 0 saturated carbocycles. The van der Waals surface area contributed by atoms with Gasteiger partial charge in [0.2, 0.25) is 0 Å². The molecule has 1 rings (SSSR count). The van der Waals surface area contributed by atoms with Crippen LogP contribution < -0.4 is 5.73 Å². The number of likely N-dealkylation sites (N-methyl/N-ethyl adjacent to an activating group) is 1. The van der Waals surface area contributed by atoms with Gasteiger partial charge >= 0.3 is 5.97 Å². The zero-order chi connectivity index (χ0) is 14.7. The van der Waals surface area contributed by atoms with Crippen molar-refractivity contribution in [2.75, 3.05) is 20.1 Å². The number of hydrogen-bond acceptors (Lipinski definition) is 3. The van der Waals surface area contributed by atoms with Gasteiger partial charge in [-0.05, 0) is 18.0 Å². The Hall–Kier alpha value is -1.39. The van der Waals surface area contributed by atoms with Crippen molar-refractivity contribution in [2.45, 2.75) is 26.3 Å². The largest absolute Gasteiger partial charge is 0.480 e. The van der Waals surface area contributed by atoms with Crippen molar-refractivity contribution in [3.63, 3.8) is 0 Å². The lowest BCUT2D eigenvalue weighted by Gasteiger charge is -2.33. The minimum absolute atomic E-state index is 0.102. The number of benzene rings is 1. The summed E-state index contributed by atoms with van der Waals surface area (Å²) in [7, 11) is 1.90. The molecule has 0 spiro atoms. The Kier molecular flexibility index (Phi) is 4.71. The number of carbonyl (C=O) groups is 1. The van der Waals surface area contributed by atoms with Crippen molar-refractivity contribution in [3.8, 4) is 0 Å². The molecule has 1 unspecified atom stereocenters. The first-order valence-electron chi connectivity index (χ1n) is 6.41. The summed E-state index contributed by atoms with van der Waals surface area (Å²) >= 11 is 0. The van der Waals surface area contributed by atoms with Gasteiger partial charge in [0, 0.05) is 13.1 Å². The fourth-order valence-electron chi connectivity index (χ4n) is 2.31. The second kappa shape index (κ2) is 5.72. The molecule has 4 heteroatoms. The van der Waals surface area contributed by atoms with E-state index in [1.54, 1.807) is 12.1 Å². The van der Waals surface area contributed by atoms with Crippen LogP contribution >= 0.6 is 0 Å². The summed E-state index contributed by atoms with van der Waals surface area (Å²) in [5, 5.41) is 9.48. The fraction of sp³-hybridized carbons (Fsp3) is 0.533. The fourth-order valence-corrected chi connectivity index (χ4v) is 2.31. The first-order chi connectivity index (χ1) is 8.65. The van der Waals surface area contributed by atoms with Gasteiger partial charge in [0.15, 0.2) is 5.54 Å². The molecule has 0 aromatic heterocycles. The van der Waals surface area contributed by atoms with Crippen molar-refractivity contribution in [1.29, 1.82) is 0 Å². The molecule has 0 aliphatic carbocycles. The zero-order valence-electron chi connectivity index (χ0n) is 12.2. The van der Waals surface area contributed by atoms with Crippen molar-refractivity contribution in [1.82, 2.24) is 4.90 Å². The minimum atomic E-state index is -1.37. The lowest BCUT2D eigenvalue weighted by Crippen LogP contribution is -2.53. The van der Waals surface area contributed by atoms with Gasteiger partial charge in [-0.15, -0.1) is 0 Å². The second-order valence-corrected chi connectivity index (χ2v) is 6.38. The molecule has 0 aliphatic heterocycles. The van der Waals surface area contributed by atoms with Gasteiger partial charge in [0.05, 0.1) is 0 Å². The maximum Gasteiger partial charge on any atom is 0.329 e. The summed E-state index contributed by atoms with van der Waals surface area (Å²) < 4.78 is 0. The van der Waals surface area contributed by atoms with E-state index in [2.05, 4.69) is 20.8 Å².